The van der Waals surface area contributed by atoms with Crippen molar-refractivity contribution in [2.75, 3.05) is 6.61 Å². The molecule has 3 rings (SSSR count). The Bertz CT molecular complexity index is 1000. The van der Waals surface area contributed by atoms with Gasteiger partial charge in [-0.15, -0.1) is 0 Å². The molecular formula is C23H20N2O4. The first-order chi connectivity index (χ1) is 14.2. The highest BCUT2D eigenvalue weighted by atomic mass is 16.6. The van der Waals surface area contributed by atoms with Crippen LogP contribution in [0.15, 0.2) is 84.0 Å². The van der Waals surface area contributed by atoms with Gasteiger partial charge in [0.2, 0.25) is 0 Å². The molecule has 0 unspecified atom stereocenters. The van der Waals surface area contributed by atoms with Crippen molar-refractivity contribution in [3.63, 3.8) is 0 Å². The first-order valence-corrected chi connectivity index (χ1v) is 9.10. The van der Waals surface area contributed by atoms with Crippen LogP contribution in [0.2, 0.25) is 0 Å². The number of carbonyl (C=O) groups excluding carboxylic acids is 2. The highest BCUT2D eigenvalue weighted by Crippen LogP contribution is 2.28. The molecule has 0 aliphatic carbocycles. The topological polar surface area (TPSA) is 77.0 Å². The van der Waals surface area contributed by atoms with Gasteiger partial charge in [-0.05, 0) is 55.0 Å². The molecule has 0 heterocycles. The summed E-state index contributed by atoms with van der Waals surface area (Å²) < 4.78 is 11.0. The molecule has 0 radical (unpaired) electrons. The summed E-state index contributed by atoms with van der Waals surface area (Å²) in [5, 5.41) is 3.97. The van der Waals surface area contributed by atoms with E-state index < -0.39 is 5.97 Å². The van der Waals surface area contributed by atoms with Crippen molar-refractivity contribution in [1.29, 1.82) is 0 Å². The summed E-state index contributed by atoms with van der Waals surface area (Å²) in [4.78, 5) is 24.3. The lowest BCUT2D eigenvalue weighted by Crippen LogP contribution is -2.17. The van der Waals surface area contributed by atoms with Gasteiger partial charge in [0.05, 0.1) is 18.4 Å². The third kappa shape index (κ3) is 5.52. The van der Waals surface area contributed by atoms with Crippen molar-refractivity contribution >= 4 is 18.1 Å². The fraction of sp³-hybridized carbons (Fsp3) is 0.0870. The first kappa shape index (κ1) is 19.8. The molecule has 6 nitrogen and oxygen atoms in total. The number of carbonyl (C=O) groups is 2. The molecule has 0 saturated heterocycles. The summed E-state index contributed by atoms with van der Waals surface area (Å²) in [6.07, 6.45) is 1.49. The Hall–Kier alpha value is -3.93. The second-order valence-corrected chi connectivity index (χ2v) is 5.96. The van der Waals surface area contributed by atoms with Gasteiger partial charge in [0, 0.05) is 5.56 Å². The number of esters is 1. The molecule has 6 heteroatoms. The average molecular weight is 388 g/mol. The Morgan fingerprint density at radius 2 is 1.55 bits per heavy atom. The molecule has 0 saturated carbocycles. The Labute approximate surface area is 168 Å². The van der Waals surface area contributed by atoms with Crippen LogP contribution in [0.1, 0.15) is 33.2 Å². The molecule has 1 amide bonds. The fourth-order valence-corrected chi connectivity index (χ4v) is 2.51. The van der Waals surface area contributed by atoms with Gasteiger partial charge < -0.3 is 9.47 Å². The first-order valence-electron chi connectivity index (χ1n) is 9.10. The molecule has 1 N–H and O–H groups in total. The van der Waals surface area contributed by atoms with Crippen molar-refractivity contribution in [3.05, 3.63) is 95.6 Å². The third-order valence-corrected chi connectivity index (χ3v) is 3.90. The highest BCUT2D eigenvalue weighted by molar-refractivity contribution is 5.95. The number of amides is 1. The van der Waals surface area contributed by atoms with E-state index in [2.05, 4.69) is 10.5 Å². The number of benzene rings is 3. The molecule has 0 fully saturated rings. The van der Waals surface area contributed by atoms with Crippen LogP contribution >= 0.6 is 0 Å². The van der Waals surface area contributed by atoms with E-state index in [0.29, 0.717) is 34.8 Å². The van der Waals surface area contributed by atoms with E-state index >= 15 is 0 Å². The maximum absolute atomic E-state index is 12.3. The molecule has 0 aliphatic rings. The second kappa shape index (κ2) is 9.85. The van der Waals surface area contributed by atoms with E-state index in [1.54, 1.807) is 66.7 Å². The van der Waals surface area contributed by atoms with Gasteiger partial charge in [-0.25, -0.2) is 10.2 Å². The van der Waals surface area contributed by atoms with Crippen LogP contribution in [0, 0.1) is 0 Å². The van der Waals surface area contributed by atoms with E-state index in [1.165, 1.54) is 6.21 Å². The van der Waals surface area contributed by atoms with E-state index in [1.807, 2.05) is 19.1 Å². The van der Waals surface area contributed by atoms with Crippen LogP contribution in [0.3, 0.4) is 0 Å². The number of nitrogens with one attached hydrogen (secondary N) is 1. The molecule has 3 aromatic rings. The maximum atomic E-state index is 12.3. The summed E-state index contributed by atoms with van der Waals surface area (Å²) in [5.41, 5.74) is 4.12. The summed E-state index contributed by atoms with van der Waals surface area (Å²) in [6, 6.07) is 22.6. The monoisotopic (exact) mass is 388 g/mol. The van der Waals surface area contributed by atoms with Gasteiger partial charge >= 0.3 is 5.97 Å². The number of hydrogen-bond acceptors (Lipinski definition) is 5. The zero-order valence-electron chi connectivity index (χ0n) is 15.9. The Kier molecular flexibility index (Phi) is 6.73. The number of hydrogen-bond donors (Lipinski definition) is 1. The van der Waals surface area contributed by atoms with Crippen molar-refractivity contribution in [2.24, 2.45) is 5.10 Å². The second-order valence-electron chi connectivity index (χ2n) is 5.96. The van der Waals surface area contributed by atoms with E-state index in [0.717, 1.165) is 0 Å². The normalized spacial score (nSPS) is 10.5. The summed E-state index contributed by atoms with van der Waals surface area (Å²) in [7, 11) is 0. The average Bonchev–Trinajstić information content (AvgIpc) is 2.76. The van der Waals surface area contributed by atoms with E-state index in [-0.39, 0.29) is 5.91 Å². The molecule has 0 atom stereocenters. The Morgan fingerprint density at radius 3 is 2.21 bits per heavy atom. The lowest BCUT2D eigenvalue weighted by atomic mass is 10.2. The van der Waals surface area contributed by atoms with E-state index in [4.69, 9.17) is 9.47 Å². The number of nitrogens with zero attached hydrogens (tertiary/aromatic N) is 1. The largest absolute Gasteiger partial charge is 0.490 e. The number of ether oxygens (including phenoxy) is 2. The minimum Gasteiger partial charge on any atom is -0.490 e. The SMILES string of the molecule is CCOc1cc(C=NNC(=O)c2ccccc2)ccc1OC(=O)c1ccccc1. The summed E-state index contributed by atoms with van der Waals surface area (Å²) >= 11 is 0. The smallest absolute Gasteiger partial charge is 0.343 e. The summed E-state index contributed by atoms with van der Waals surface area (Å²) in [6.45, 7) is 2.24. The molecular weight excluding hydrogens is 368 g/mol. The lowest BCUT2D eigenvalue weighted by molar-refractivity contribution is 0.0728. The van der Waals surface area contributed by atoms with Crippen LogP contribution in [-0.2, 0) is 0 Å². The zero-order valence-corrected chi connectivity index (χ0v) is 15.9. The van der Waals surface area contributed by atoms with Crippen molar-refractivity contribution in [3.8, 4) is 11.5 Å². The third-order valence-electron chi connectivity index (χ3n) is 3.90. The molecule has 0 bridgehead atoms. The van der Waals surface area contributed by atoms with Gasteiger partial charge in [-0.2, -0.15) is 5.10 Å². The van der Waals surface area contributed by atoms with Crippen molar-refractivity contribution < 1.29 is 19.1 Å². The quantitative estimate of drug-likeness (QED) is 0.286. The van der Waals surface area contributed by atoms with Gasteiger partial charge in [-0.1, -0.05) is 36.4 Å². The Balaban J connectivity index is 1.70. The minimum absolute atomic E-state index is 0.305. The predicted molar refractivity (Wildman–Crippen MR) is 111 cm³/mol. The molecule has 0 aromatic heterocycles. The molecule has 0 spiro atoms. The minimum atomic E-state index is -0.469. The number of rotatable bonds is 7. The van der Waals surface area contributed by atoms with Gasteiger partial charge in [-0.3, -0.25) is 4.79 Å². The van der Waals surface area contributed by atoms with Gasteiger partial charge in [0.1, 0.15) is 0 Å². The van der Waals surface area contributed by atoms with Crippen LogP contribution in [-0.4, -0.2) is 24.7 Å². The highest BCUT2D eigenvalue weighted by Gasteiger charge is 2.13. The number of hydrazone groups is 1. The molecule has 29 heavy (non-hydrogen) atoms. The molecule has 146 valence electrons. The van der Waals surface area contributed by atoms with Gasteiger partial charge in [0.25, 0.3) is 5.91 Å². The van der Waals surface area contributed by atoms with Gasteiger partial charge in [0.15, 0.2) is 11.5 Å². The van der Waals surface area contributed by atoms with Crippen LogP contribution in [0.4, 0.5) is 0 Å². The molecule has 0 aliphatic heterocycles. The lowest BCUT2D eigenvalue weighted by Gasteiger charge is -2.11. The zero-order chi connectivity index (χ0) is 20.5. The van der Waals surface area contributed by atoms with Crippen LogP contribution < -0.4 is 14.9 Å². The van der Waals surface area contributed by atoms with Crippen molar-refractivity contribution in [2.45, 2.75) is 6.92 Å². The maximum Gasteiger partial charge on any atom is 0.343 e. The Morgan fingerprint density at radius 1 is 0.897 bits per heavy atom. The van der Waals surface area contributed by atoms with Crippen LogP contribution in [0.5, 0.6) is 11.5 Å². The van der Waals surface area contributed by atoms with E-state index in [9.17, 15) is 9.59 Å². The predicted octanol–water partition coefficient (Wildman–Crippen LogP) is 4.07. The standard InChI is InChI=1S/C23H20N2O4/c1-2-28-21-15-17(16-24-25-22(26)18-9-5-3-6-10-18)13-14-20(21)29-23(27)19-11-7-4-8-12-19/h3-16H,2H2,1H3,(H,25,26). The van der Waals surface area contributed by atoms with Crippen LogP contribution in [0.25, 0.3) is 0 Å². The molecule has 3 aromatic carbocycles. The summed E-state index contributed by atoms with van der Waals surface area (Å²) in [5.74, 6) is -0.0512. The fourth-order valence-electron chi connectivity index (χ4n) is 2.51. The van der Waals surface area contributed by atoms with Crippen molar-refractivity contribution in [1.82, 2.24) is 5.43 Å².